The molecule has 5 rings (SSSR count). The van der Waals surface area contributed by atoms with Crippen molar-refractivity contribution in [3.63, 3.8) is 0 Å². The minimum atomic E-state index is -0.153. The Kier molecular flexibility index (Phi) is 5.48. The van der Waals surface area contributed by atoms with Crippen LogP contribution in [0.15, 0.2) is 0 Å². The standard InChI is InChI=1S/C22H36O6/c1-3-23-17-6-4-5-15(9-17)19-24-11-22(12-25-19)13-26-20(27-14-22)16-7-8-21(2)18(10-16)28-21/h15-20H,3-14H2,1-2H3. The number of ether oxygens (including phenoxy) is 6. The van der Waals surface area contributed by atoms with Gasteiger partial charge in [0.2, 0.25) is 0 Å². The van der Waals surface area contributed by atoms with Gasteiger partial charge in [-0.3, -0.25) is 0 Å². The fraction of sp³-hybridized carbons (Fsp3) is 1.00. The summed E-state index contributed by atoms with van der Waals surface area (Å²) >= 11 is 0. The Morgan fingerprint density at radius 3 is 2.11 bits per heavy atom. The van der Waals surface area contributed by atoms with Gasteiger partial charge in [-0.05, 0) is 52.4 Å². The van der Waals surface area contributed by atoms with Gasteiger partial charge < -0.3 is 28.4 Å². The maximum Gasteiger partial charge on any atom is 0.160 e. The summed E-state index contributed by atoms with van der Waals surface area (Å²) in [5.41, 5.74) is -0.00695. The van der Waals surface area contributed by atoms with Crippen molar-refractivity contribution < 1.29 is 28.4 Å². The lowest BCUT2D eigenvalue weighted by molar-refractivity contribution is -0.322. The third-order valence-corrected chi connectivity index (χ3v) is 7.62. The molecule has 5 aliphatic rings. The quantitative estimate of drug-likeness (QED) is 0.680. The van der Waals surface area contributed by atoms with Crippen LogP contribution in [0.2, 0.25) is 0 Å². The molecular weight excluding hydrogens is 360 g/mol. The van der Waals surface area contributed by atoms with Crippen molar-refractivity contribution >= 4 is 0 Å². The van der Waals surface area contributed by atoms with Gasteiger partial charge >= 0.3 is 0 Å². The molecular formula is C22H36O6. The van der Waals surface area contributed by atoms with E-state index in [0.717, 1.165) is 38.7 Å². The molecule has 28 heavy (non-hydrogen) atoms. The largest absolute Gasteiger partial charge is 0.378 e. The molecule has 0 aromatic heterocycles. The van der Waals surface area contributed by atoms with Crippen LogP contribution < -0.4 is 0 Å². The van der Waals surface area contributed by atoms with Crippen LogP contribution in [-0.2, 0) is 28.4 Å². The summed E-state index contributed by atoms with van der Waals surface area (Å²) in [6.45, 7) is 7.73. The Labute approximate surface area is 168 Å². The molecule has 5 unspecified atom stereocenters. The van der Waals surface area contributed by atoms with Crippen molar-refractivity contribution in [3.05, 3.63) is 0 Å². The predicted molar refractivity (Wildman–Crippen MR) is 102 cm³/mol. The second-order valence-corrected chi connectivity index (χ2v) is 9.94. The van der Waals surface area contributed by atoms with Crippen molar-refractivity contribution in [2.45, 2.75) is 89.2 Å². The van der Waals surface area contributed by atoms with E-state index in [-0.39, 0.29) is 23.6 Å². The molecule has 0 amide bonds. The van der Waals surface area contributed by atoms with Crippen LogP contribution in [0.5, 0.6) is 0 Å². The van der Waals surface area contributed by atoms with E-state index in [1.54, 1.807) is 0 Å². The molecule has 3 heterocycles. The fourth-order valence-corrected chi connectivity index (χ4v) is 5.66. The molecule has 5 atom stereocenters. The van der Waals surface area contributed by atoms with Gasteiger partial charge in [0.25, 0.3) is 0 Å². The fourth-order valence-electron chi connectivity index (χ4n) is 5.66. The average molecular weight is 397 g/mol. The molecule has 3 saturated heterocycles. The van der Waals surface area contributed by atoms with Crippen LogP contribution in [0.25, 0.3) is 0 Å². The Morgan fingerprint density at radius 2 is 1.50 bits per heavy atom. The highest BCUT2D eigenvalue weighted by atomic mass is 16.7. The second kappa shape index (κ2) is 7.78. The highest BCUT2D eigenvalue weighted by Crippen LogP contribution is 2.51. The van der Waals surface area contributed by atoms with Crippen molar-refractivity contribution in [2.75, 3.05) is 33.0 Å². The van der Waals surface area contributed by atoms with E-state index >= 15 is 0 Å². The van der Waals surface area contributed by atoms with E-state index in [2.05, 4.69) is 13.8 Å². The van der Waals surface area contributed by atoms with Crippen LogP contribution in [0.3, 0.4) is 0 Å². The van der Waals surface area contributed by atoms with Crippen LogP contribution in [-0.4, -0.2) is 63.4 Å². The predicted octanol–water partition coefficient (Wildman–Crippen LogP) is 3.27. The van der Waals surface area contributed by atoms with E-state index in [1.807, 2.05) is 0 Å². The van der Waals surface area contributed by atoms with E-state index < -0.39 is 0 Å². The molecule has 0 bridgehead atoms. The zero-order valence-electron chi connectivity index (χ0n) is 17.4. The Morgan fingerprint density at radius 1 is 0.857 bits per heavy atom. The van der Waals surface area contributed by atoms with Gasteiger partial charge in [0.15, 0.2) is 12.6 Å². The smallest absolute Gasteiger partial charge is 0.160 e. The lowest BCUT2D eigenvalue weighted by Gasteiger charge is -2.47. The molecule has 6 heteroatoms. The molecule has 0 aromatic rings. The van der Waals surface area contributed by atoms with Crippen LogP contribution in [0.1, 0.15) is 58.8 Å². The number of hydrogen-bond donors (Lipinski definition) is 0. The monoisotopic (exact) mass is 396 g/mol. The molecule has 2 aliphatic carbocycles. The van der Waals surface area contributed by atoms with E-state index in [4.69, 9.17) is 28.4 Å². The molecule has 6 nitrogen and oxygen atoms in total. The number of epoxide rings is 1. The number of hydrogen-bond acceptors (Lipinski definition) is 6. The first kappa shape index (κ1) is 19.7. The third-order valence-electron chi connectivity index (χ3n) is 7.62. The van der Waals surface area contributed by atoms with Gasteiger partial charge in [-0.25, -0.2) is 0 Å². The molecule has 160 valence electrons. The van der Waals surface area contributed by atoms with Crippen molar-refractivity contribution in [1.29, 1.82) is 0 Å². The van der Waals surface area contributed by atoms with E-state index in [1.165, 1.54) is 12.8 Å². The van der Waals surface area contributed by atoms with Gasteiger partial charge in [0, 0.05) is 18.4 Å². The van der Waals surface area contributed by atoms with Gasteiger partial charge in [-0.2, -0.15) is 0 Å². The van der Waals surface area contributed by atoms with Crippen LogP contribution in [0, 0.1) is 17.3 Å². The average Bonchev–Trinajstić information content (AvgIpc) is 3.40. The summed E-state index contributed by atoms with van der Waals surface area (Å²) in [5.74, 6) is 0.893. The molecule has 1 spiro atoms. The summed E-state index contributed by atoms with van der Waals surface area (Å²) in [6, 6.07) is 0. The van der Waals surface area contributed by atoms with Crippen molar-refractivity contribution in [1.82, 2.24) is 0 Å². The second-order valence-electron chi connectivity index (χ2n) is 9.94. The zero-order valence-corrected chi connectivity index (χ0v) is 17.4. The summed E-state index contributed by atoms with van der Waals surface area (Å²) in [7, 11) is 0. The molecule has 3 aliphatic heterocycles. The van der Waals surface area contributed by atoms with Gasteiger partial charge in [0.05, 0.1) is 49.7 Å². The first-order chi connectivity index (χ1) is 13.6. The summed E-state index contributed by atoms with van der Waals surface area (Å²) in [4.78, 5) is 0. The highest BCUT2D eigenvalue weighted by molar-refractivity contribution is 5.04. The Bertz CT molecular complexity index is 535. The Hall–Kier alpha value is -0.240. The molecule has 2 saturated carbocycles. The van der Waals surface area contributed by atoms with E-state index in [9.17, 15) is 0 Å². The summed E-state index contributed by atoms with van der Waals surface area (Å²) in [5, 5.41) is 0. The zero-order chi connectivity index (χ0) is 19.2. The lowest BCUT2D eigenvalue weighted by Crippen LogP contribution is -2.54. The van der Waals surface area contributed by atoms with Gasteiger partial charge in [0.1, 0.15) is 0 Å². The first-order valence-electron chi connectivity index (χ1n) is 11.3. The molecule has 0 N–H and O–H groups in total. The molecule has 0 radical (unpaired) electrons. The van der Waals surface area contributed by atoms with Gasteiger partial charge in [-0.15, -0.1) is 0 Å². The number of fused-ring (bicyclic) bond motifs is 1. The molecule has 5 fully saturated rings. The third kappa shape index (κ3) is 3.88. The Balaban J connectivity index is 1.08. The highest BCUT2D eigenvalue weighted by Gasteiger charge is 2.57. The maximum atomic E-state index is 6.20. The molecule has 0 aromatic carbocycles. The summed E-state index contributed by atoms with van der Waals surface area (Å²) < 4.78 is 36.4. The SMILES string of the molecule is CCOC1CCCC(C2OCC3(CO2)COC(C2CCC4(C)OC4C2)OC3)C1. The minimum absolute atomic E-state index is 0.0950. The summed E-state index contributed by atoms with van der Waals surface area (Å²) in [6.07, 6.45) is 8.46. The van der Waals surface area contributed by atoms with Crippen molar-refractivity contribution in [3.8, 4) is 0 Å². The number of rotatable bonds is 4. The topological polar surface area (TPSA) is 58.7 Å². The van der Waals surface area contributed by atoms with E-state index in [0.29, 0.717) is 50.5 Å². The van der Waals surface area contributed by atoms with Crippen LogP contribution in [0.4, 0.5) is 0 Å². The van der Waals surface area contributed by atoms with Crippen molar-refractivity contribution in [2.24, 2.45) is 17.3 Å². The lowest BCUT2D eigenvalue weighted by atomic mass is 9.82. The maximum absolute atomic E-state index is 6.20. The minimum Gasteiger partial charge on any atom is -0.378 e. The normalized spacial score (nSPS) is 51.6. The first-order valence-corrected chi connectivity index (χ1v) is 11.3. The van der Waals surface area contributed by atoms with Crippen LogP contribution >= 0.6 is 0 Å². The van der Waals surface area contributed by atoms with Gasteiger partial charge in [-0.1, -0.05) is 6.42 Å².